The third-order valence-electron chi connectivity index (χ3n) is 11.3. The van der Waals surface area contributed by atoms with E-state index in [9.17, 15) is 13.2 Å². The number of hydrogen-bond donors (Lipinski definition) is 1. The Morgan fingerprint density at radius 2 is 2.00 bits per heavy atom. The maximum Gasteiger partial charge on any atom is 0.264 e. The zero-order chi connectivity index (χ0) is 32.7. The third-order valence-corrected chi connectivity index (χ3v) is 13.4. The van der Waals surface area contributed by atoms with E-state index in [-0.39, 0.29) is 17.3 Å². The summed E-state index contributed by atoms with van der Waals surface area (Å²) in [5, 5.41) is -0.0197. The van der Waals surface area contributed by atoms with Crippen LogP contribution in [0.4, 0.5) is 5.69 Å². The Morgan fingerprint density at radius 1 is 1.17 bits per heavy atom. The summed E-state index contributed by atoms with van der Waals surface area (Å²) < 4.78 is 42.2. The fraction of sp³-hybridized carbons (Fsp3) is 0.541. The molecule has 1 spiro atoms. The highest BCUT2D eigenvalue weighted by atomic mass is 35.5. The van der Waals surface area contributed by atoms with Gasteiger partial charge in [-0.3, -0.25) is 4.79 Å². The molecule has 4 aliphatic rings. The van der Waals surface area contributed by atoms with E-state index < -0.39 is 26.8 Å². The number of fused-ring (bicyclic) bond motifs is 4. The van der Waals surface area contributed by atoms with Gasteiger partial charge in [-0.1, -0.05) is 48.9 Å². The van der Waals surface area contributed by atoms with E-state index >= 15 is 0 Å². The molecule has 1 amide bonds. The van der Waals surface area contributed by atoms with Crippen LogP contribution in [0.1, 0.15) is 80.8 Å². The van der Waals surface area contributed by atoms with E-state index in [1.807, 2.05) is 32.0 Å². The van der Waals surface area contributed by atoms with Crippen LogP contribution in [-0.2, 0) is 26.6 Å². The summed E-state index contributed by atoms with van der Waals surface area (Å²) in [6.07, 6.45) is 15.0. The van der Waals surface area contributed by atoms with Crippen LogP contribution in [-0.4, -0.2) is 52.0 Å². The third kappa shape index (κ3) is 6.13. The number of allylic oxidation sites excluding steroid dienone is 2. The van der Waals surface area contributed by atoms with Gasteiger partial charge in [-0.15, -0.1) is 0 Å². The minimum absolute atomic E-state index is 0.205. The van der Waals surface area contributed by atoms with E-state index in [1.165, 1.54) is 11.1 Å². The monoisotopic (exact) mass is 666 g/mol. The molecule has 6 atom stereocenters. The lowest BCUT2D eigenvalue weighted by Gasteiger charge is -2.50. The minimum Gasteiger partial charge on any atom is -0.490 e. The molecule has 2 heterocycles. The molecule has 1 saturated carbocycles. The normalized spacial score (nSPS) is 33.2. The van der Waals surface area contributed by atoms with Gasteiger partial charge in [0.15, 0.2) is 0 Å². The molecule has 7 nitrogen and oxygen atoms in total. The number of benzene rings is 2. The summed E-state index contributed by atoms with van der Waals surface area (Å²) in [7, 11) is -2.13. The number of hydrogen-bond acceptors (Lipinski definition) is 6. The quantitative estimate of drug-likeness (QED) is 0.348. The summed E-state index contributed by atoms with van der Waals surface area (Å²) in [6, 6.07) is 11.6. The molecule has 2 aliphatic carbocycles. The number of nitrogens with one attached hydrogen (secondary N) is 1. The van der Waals surface area contributed by atoms with Crippen LogP contribution in [0.25, 0.3) is 0 Å². The lowest BCUT2D eigenvalue weighted by atomic mass is 9.63. The van der Waals surface area contributed by atoms with Crippen molar-refractivity contribution in [2.75, 3.05) is 31.7 Å². The van der Waals surface area contributed by atoms with Gasteiger partial charge in [0.1, 0.15) is 5.75 Å². The van der Waals surface area contributed by atoms with Crippen LogP contribution >= 0.6 is 11.6 Å². The summed E-state index contributed by atoms with van der Waals surface area (Å²) >= 11 is 6.45. The van der Waals surface area contributed by atoms with E-state index in [1.54, 1.807) is 20.1 Å². The number of anilines is 1. The van der Waals surface area contributed by atoms with E-state index in [4.69, 9.17) is 21.1 Å². The zero-order valence-corrected chi connectivity index (χ0v) is 29.0. The number of ether oxygens (including phenoxy) is 2. The second-order valence-corrected chi connectivity index (χ2v) is 16.4. The summed E-state index contributed by atoms with van der Waals surface area (Å²) in [4.78, 5) is 15.9. The molecule has 1 N–H and O–H groups in total. The maximum atomic E-state index is 13.5. The van der Waals surface area contributed by atoms with Gasteiger partial charge in [0.25, 0.3) is 5.91 Å². The Morgan fingerprint density at radius 3 is 2.74 bits per heavy atom. The summed E-state index contributed by atoms with van der Waals surface area (Å²) in [6.45, 7) is 7.63. The van der Waals surface area contributed by atoms with Crippen molar-refractivity contribution in [1.82, 2.24) is 4.72 Å². The number of aryl methyl sites for hydroxylation is 1. The molecular weight excluding hydrogens is 620 g/mol. The molecule has 0 radical (unpaired) electrons. The number of halogens is 1. The van der Waals surface area contributed by atoms with Gasteiger partial charge >= 0.3 is 0 Å². The average molecular weight is 667 g/mol. The highest BCUT2D eigenvalue weighted by molar-refractivity contribution is 7.90. The molecule has 2 bridgehead atoms. The van der Waals surface area contributed by atoms with Crippen molar-refractivity contribution >= 4 is 33.2 Å². The molecular formula is C37H47ClN2O5S. The Bertz CT molecular complexity index is 1640. The van der Waals surface area contributed by atoms with E-state index in [0.717, 1.165) is 62.3 Å². The fourth-order valence-electron chi connectivity index (χ4n) is 8.18. The van der Waals surface area contributed by atoms with Crippen molar-refractivity contribution in [1.29, 1.82) is 0 Å². The number of sulfonamides is 1. The first-order valence-corrected chi connectivity index (χ1v) is 18.6. The Hall–Kier alpha value is -2.81. The molecule has 6 rings (SSSR count). The molecule has 2 aliphatic heterocycles. The molecule has 248 valence electrons. The van der Waals surface area contributed by atoms with Gasteiger partial charge in [0, 0.05) is 36.2 Å². The molecule has 2 aromatic carbocycles. The minimum atomic E-state index is -3.93. The van der Waals surface area contributed by atoms with Gasteiger partial charge in [-0.25, -0.2) is 13.1 Å². The van der Waals surface area contributed by atoms with Gasteiger partial charge in [-0.2, -0.15) is 0 Å². The molecule has 2 aromatic rings. The van der Waals surface area contributed by atoms with E-state index in [2.05, 4.69) is 46.1 Å². The lowest BCUT2D eigenvalue weighted by molar-refractivity contribution is -0.0729. The van der Waals surface area contributed by atoms with Gasteiger partial charge in [0.2, 0.25) is 10.0 Å². The first kappa shape index (κ1) is 33.1. The number of rotatable bonds is 3. The predicted octanol–water partition coefficient (Wildman–Crippen LogP) is 7.23. The van der Waals surface area contributed by atoms with Crippen molar-refractivity contribution < 1.29 is 22.7 Å². The zero-order valence-electron chi connectivity index (χ0n) is 27.4. The van der Waals surface area contributed by atoms with Crippen molar-refractivity contribution in [3.63, 3.8) is 0 Å². The number of methoxy groups -OCH3 is 1. The highest BCUT2D eigenvalue weighted by Crippen LogP contribution is 2.50. The second kappa shape index (κ2) is 13.0. The van der Waals surface area contributed by atoms with Crippen molar-refractivity contribution in [3.8, 4) is 5.75 Å². The molecule has 9 heteroatoms. The van der Waals surface area contributed by atoms with Gasteiger partial charge < -0.3 is 14.4 Å². The van der Waals surface area contributed by atoms with Crippen molar-refractivity contribution in [2.45, 2.75) is 82.0 Å². The van der Waals surface area contributed by atoms with Gasteiger partial charge in [-0.05, 0) is 118 Å². The molecule has 0 aromatic heterocycles. The van der Waals surface area contributed by atoms with Crippen LogP contribution in [0.3, 0.4) is 0 Å². The number of carbonyl (C=O) groups is 1. The molecule has 1 fully saturated rings. The van der Waals surface area contributed by atoms with Crippen LogP contribution in [0, 0.1) is 17.8 Å². The first-order valence-electron chi connectivity index (χ1n) is 16.7. The molecule has 0 unspecified atom stereocenters. The van der Waals surface area contributed by atoms with Crippen molar-refractivity contribution in [2.24, 2.45) is 17.8 Å². The topological polar surface area (TPSA) is 84.9 Å². The van der Waals surface area contributed by atoms with Crippen LogP contribution in [0.2, 0.25) is 5.02 Å². The summed E-state index contributed by atoms with van der Waals surface area (Å²) in [5.41, 5.74) is 2.93. The SMILES string of the molecule is C/C=C/C[C@]1(OC)/C=C\C[C@H](C)[C@@H](C)S(=O)(=O)NC(=O)c2ccc3c(c2)N(C[C@@H]2CC[C@H]21)C[C@@]1(CCCc2cc(Cl)ccc21)CO3. The number of amides is 1. The standard InChI is InChI=1S/C37H47ClN2O5S/c1-5-6-18-37(44-4)19-7-9-25(2)26(3)46(42,43)39-35(41)28-12-16-34-33(21-28)40(22-29-11-14-32(29)37)23-36(24-45-34)17-8-10-27-20-30(38)13-15-31(27)36/h5-7,12-13,15-16,19-21,25-26,29,32H,8-11,14,17-18,22-24H2,1-4H3,(H,39,41)/b6-5+,19-7-/t25-,26+,29-,32+,36-,37-/m0/s1. The van der Waals surface area contributed by atoms with Crippen LogP contribution in [0.15, 0.2) is 60.7 Å². The fourth-order valence-corrected chi connectivity index (χ4v) is 9.66. The van der Waals surface area contributed by atoms with Crippen molar-refractivity contribution in [3.05, 3.63) is 82.4 Å². The molecule has 0 saturated heterocycles. The largest absolute Gasteiger partial charge is 0.490 e. The Labute approximate surface area is 279 Å². The summed E-state index contributed by atoms with van der Waals surface area (Å²) in [5.74, 6) is 0.522. The van der Waals surface area contributed by atoms with Gasteiger partial charge in [0.05, 0.1) is 23.1 Å². The van der Waals surface area contributed by atoms with Crippen LogP contribution < -0.4 is 14.4 Å². The lowest BCUT2D eigenvalue weighted by Crippen LogP contribution is -2.53. The van der Waals surface area contributed by atoms with E-state index in [0.29, 0.717) is 30.3 Å². The highest BCUT2D eigenvalue weighted by Gasteiger charge is 2.48. The maximum absolute atomic E-state index is 13.5. The predicted molar refractivity (Wildman–Crippen MR) is 184 cm³/mol. The Balaban J connectivity index is 1.46. The number of carbonyl (C=O) groups excluding carboxylic acids is 1. The number of nitrogens with zero attached hydrogens (tertiary/aromatic N) is 1. The Kier molecular flexibility index (Phi) is 9.36. The molecule has 46 heavy (non-hydrogen) atoms. The van der Waals surface area contributed by atoms with Crippen LogP contribution in [0.5, 0.6) is 5.75 Å². The second-order valence-electron chi connectivity index (χ2n) is 14.0. The average Bonchev–Trinajstić information content (AvgIpc) is 3.17. The smallest absolute Gasteiger partial charge is 0.264 e. The first-order chi connectivity index (χ1) is 22.0.